The molecule has 7 heteroatoms. The Labute approximate surface area is 129 Å². The summed E-state index contributed by atoms with van der Waals surface area (Å²) < 4.78 is 29.8. The molecule has 5 nitrogen and oxygen atoms in total. The predicted molar refractivity (Wildman–Crippen MR) is 84.9 cm³/mol. The number of hydrogen-bond acceptors (Lipinski definition) is 4. The Bertz CT molecular complexity index is 738. The summed E-state index contributed by atoms with van der Waals surface area (Å²) in [6, 6.07) is 5.67. The number of hydrogen-bond donors (Lipinski definition) is 0. The van der Waals surface area contributed by atoms with E-state index in [-0.39, 0.29) is 11.1 Å². The summed E-state index contributed by atoms with van der Waals surface area (Å²) >= 11 is 6.20. The first kappa shape index (κ1) is 16.1. The predicted octanol–water partition coefficient (Wildman–Crippen LogP) is 2.78. The van der Waals surface area contributed by atoms with E-state index in [2.05, 4.69) is 4.98 Å². The van der Waals surface area contributed by atoms with Gasteiger partial charge in [0.1, 0.15) is 26.9 Å². The van der Waals surface area contributed by atoms with E-state index < -0.39 is 9.84 Å². The topological polar surface area (TPSA) is 61.2 Å². The fourth-order valence-electron chi connectivity index (χ4n) is 2.33. The van der Waals surface area contributed by atoms with Crippen LogP contribution in [0.2, 0.25) is 0 Å². The number of nitrogens with zero attached hydrogens (tertiary/aromatic N) is 2. The molecule has 1 aromatic heterocycles. The van der Waals surface area contributed by atoms with Gasteiger partial charge < -0.3 is 9.30 Å². The number of benzene rings is 1. The zero-order chi connectivity index (χ0) is 15.6. The SMILES string of the molecule is COc1cccc2c1nc(C(C)Cl)n2CCCS(C)(=O)=O. The minimum atomic E-state index is -2.97. The van der Waals surface area contributed by atoms with Crippen molar-refractivity contribution in [2.24, 2.45) is 0 Å². The van der Waals surface area contributed by atoms with E-state index in [0.29, 0.717) is 18.7 Å². The van der Waals surface area contributed by atoms with Crippen molar-refractivity contribution in [2.75, 3.05) is 19.1 Å². The van der Waals surface area contributed by atoms with Crippen LogP contribution in [0.4, 0.5) is 0 Å². The molecular weight excluding hydrogens is 312 g/mol. The fourth-order valence-corrected chi connectivity index (χ4v) is 3.15. The summed E-state index contributed by atoms with van der Waals surface area (Å²) in [6.45, 7) is 2.41. The van der Waals surface area contributed by atoms with Crippen LogP contribution < -0.4 is 4.74 Å². The number of aryl methyl sites for hydroxylation is 1. The fraction of sp³-hybridized carbons (Fsp3) is 0.500. The smallest absolute Gasteiger partial charge is 0.147 e. The number of halogens is 1. The molecule has 0 saturated carbocycles. The van der Waals surface area contributed by atoms with E-state index in [0.717, 1.165) is 16.9 Å². The molecule has 1 atom stereocenters. The third kappa shape index (κ3) is 3.68. The molecule has 0 aliphatic heterocycles. The average Bonchev–Trinajstić information content (AvgIpc) is 2.76. The average molecular weight is 331 g/mol. The number of methoxy groups -OCH3 is 1. The number of para-hydroxylation sites is 1. The second kappa shape index (κ2) is 6.23. The molecule has 116 valence electrons. The van der Waals surface area contributed by atoms with Gasteiger partial charge in [-0.3, -0.25) is 0 Å². The zero-order valence-corrected chi connectivity index (χ0v) is 13.9. The molecule has 2 aromatic rings. The molecule has 1 unspecified atom stereocenters. The Morgan fingerprint density at radius 3 is 2.71 bits per heavy atom. The largest absolute Gasteiger partial charge is 0.494 e. The lowest BCUT2D eigenvalue weighted by atomic mass is 10.3. The highest BCUT2D eigenvalue weighted by Gasteiger charge is 2.17. The lowest BCUT2D eigenvalue weighted by Crippen LogP contribution is -2.10. The maximum Gasteiger partial charge on any atom is 0.147 e. The molecule has 0 amide bonds. The van der Waals surface area contributed by atoms with Crippen molar-refractivity contribution >= 4 is 32.5 Å². The van der Waals surface area contributed by atoms with Gasteiger partial charge in [0.25, 0.3) is 0 Å². The highest BCUT2D eigenvalue weighted by Crippen LogP contribution is 2.30. The number of sulfone groups is 1. The Morgan fingerprint density at radius 2 is 2.14 bits per heavy atom. The summed E-state index contributed by atoms with van der Waals surface area (Å²) in [7, 11) is -1.37. The van der Waals surface area contributed by atoms with Crippen LogP contribution in [0.5, 0.6) is 5.75 Å². The number of aromatic nitrogens is 2. The minimum absolute atomic E-state index is 0.146. The molecule has 0 aliphatic rings. The van der Waals surface area contributed by atoms with Crippen LogP contribution in [-0.2, 0) is 16.4 Å². The quantitative estimate of drug-likeness (QED) is 0.764. The van der Waals surface area contributed by atoms with Crippen LogP contribution in [-0.4, -0.2) is 37.1 Å². The standard InChI is InChI=1S/C14H19ClN2O3S/c1-10(15)14-16-13-11(6-4-7-12(13)20-2)17(14)8-5-9-21(3,18)19/h4,6-7,10H,5,8-9H2,1-3H3. The number of ether oxygens (including phenoxy) is 1. The van der Waals surface area contributed by atoms with Crippen molar-refractivity contribution in [1.29, 1.82) is 0 Å². The molecule has 1 heterocycles. The third-order valence-electron chi connectivity index (χ3n) is 3.24. The van der Waals surface area contributed by atoms with Gasteiger partial charge in [0, 0.05) is 12.8 Å². The zero-order valence-electron chi connectivity index (χ0n) is 12.3. The van der Waals surface area contributed by atoms with Gasteiger partial charge >= 0.3 is 0 Å². The Kier molecular flexibility index (Phi) is 4.78. The van der Waals surface area contributed by atoms with Crippen molar-refractivity contribution in [3.05, 3.63) is 24.0 Å². The van der Waals surface area contributed by atoms with Gasteiger partial charge in [-0.15, -0.1) is 11.6 Å². The lowest BCUT2D eigenvalue weighted by Gasteiger charge is -2.10. The summed E-state index contributed by atoms with van der Waals surface area (Å²) in [4.78, 5) is 4.55. The first-order chi connectivity index (χ1) is 9.83. The van der Waals surface area contributed by atoms with E-state index in [1.165, 1.54) is 6.26 Å². The molecule has 2 rings (SSSR count). The first-order valence-corrected chi connectivity index (χ1v) is 9.18. The minimum Gasteiger partial charge on any atom is -0.494 e. The Morgan fingerprint density at radius 1 is 1.43 bits per heavy atom. The van der Waals surface area contributed by atoms with Gasteiger partial charge in [-0.2, -0.15) is 0 Å². The normalized spacial score (nSPS) is 13.5. The molecule has 0 radical (unpaired) electrons. The van der Waals surface area contributed by atoms with Crippen LogP contribution in [0.1, 0.15) is 24.5 Å². The van der Waals surface area contributed by atoms with E-state index in [9.17, 15) is 8.42 Å². The molecule has 0 aliphatic carbocycles. The number of fused-ring (bicyclic) bond motifs is 1. The molecule has 1 aromatic carbocycles. The van der Waals surface area contributed by atoms with Gasteiger partial charge in [-0.05, 0) is 25.5 Å². The second-order valence-corrected chi connectivity index (χ2v) is 7.96. The van der Waals surface area contributed by atoms with Crippen molar-refractivity contribution in [2.45, 2.75) is 25.3 Å². The van der Waals surface area contributed by atoms with Gasteiger partial charge in [0.05, 0.1) is 23.8 Å². The molecule has 0 spiro atoms. The van der Waals surface area contributed by atoms with Crippen LogP contribution in [0, 0.1) is 0 Å². The lowest BCUT2D eigenvalue weighted by molar-refractivity contribution is 0.419. The van der Waals surface area contributed by atoms with Gasteiger partial charge in [-0.25, -0.2) is 13.4 Å². The Hall–Kier alpha value is -1.27. The van der Waals surface area contributed by atoms with Crippen molar-refractivity contribution in [3.63, 3.8) is 0 Å². The third-order valence-corrected chi connectivity index (χ3v) is 4.47. The highest BCUT2D eigenvalue weighted by atomic mass is 35.5. The van der Waals surface area contributed by atoms with Crippen molar-refractivity contribution in [3.8, 4) is 5.75 Å². The first-order valence-electron chi connectivity index (χ1n) is 6.68. The van der Waals surface area contributed by atoms with Crippen LogP contribution >= 0.6 is 11.6 Å². The van der Waals surface area contributed by atoms with Crippen LogP contribution in [0.15, 0.2) is 18.2 Å². The molecule has 0 N–H and O–H groups in total. The van der Waals surface area contributed by atoms with Gasteiger partial charge in [0.15, 0.2) is 0 Å². The van der Waals surface area contributed by atoms with Gasteiger partial charge in [0.2, 0.25) is 0 Å². The summed E-state index contributed by atoms with van der Waals surface area (Å²) in [6.07, 6.45) is 1.77. The second-order valence-electron chi connectivity index (χ2n) is 5.05. The maximum absolute atomic E-state index is 11.3. The molecule has 0 saturated heterocycles. The summed E-state index contributed by atoms with van der Waals surface area (Å²) in [5.74, 6) is 1.56. The monoisotopic (exact) mass is 330 g/mol. The molecule has 21 heavy (non-hydrogen) atoms. The van der Waals surface area contributed by atoms with E-state index >= 15 is 0 Å². The number of alkyl halides is 1. The molecule has 0 fully saturated rings. The summed E-state index contributed by atoms with van der Waals surface area (Å²) in [5, 5.41) is -0.264. The van der Waals surface area contributed by atoms with Crippen LogP contribution in [0.3, 0.4) is 0 Å². The number of imidazole rings is 1. The maximum atomic E-state index is 11.3. The molecular formula is C14H19ClN2O3S. The highest BCUT2D eigenvalue weighted by molar-refractivity contribution is 7.90. The Balaban J connectivity index is 2.42. The van der Waals surface area contributed by atoms with Crippen LogP contribution in [0.25, 0.3) is 11.0 Å². The van der Waals surface area contributed by atoms with Crippen molar-refractivity contribution in [1.82, 2.24) is 9.55 Å². The van der Waals surface area contributed by atoms with Gasteiger partial charge in [-0.1, -0.05) is 6.07 Å². The van der Waals surface area contributed by atoms with Crippen molar-refractivity contribution < 1.29 is 13.2 Å². The van der Waals surface area contributed by atoms with E-state index in [1.54, 1.807) is 7.11 Å². The number of rotatable bonds is 6. The molecule has 0 bridgehead atoms. The van der Waals surface area contributed by atoms with E-state index in [4.69, 9.17) is 16.3 Å². The van der Waals surface area contributed by atoms with E-state index in [1.807, 2.05) is 29.7 Å². The summed E-state index contributed by atoms with van der Waals surface area (Å²) in [5.41, 5.74) is 1.66.